The van der Waals surface area contributed by atoms with Gasteiger partial charge in [-0.1, -0.05) is 49.9 Å². The number of hydrogen-bond donors (Lipinski definition) is 1. The van der Waals surface area contributed by atoms with E-state index >= 15 is 0 Å². The Morgan fingerprint density at radius 1 is 1.12 bits per heavy atom. The molecule has 1 atom stereocenters. The molecule has 2 aromatic carbocycles. The second-order valence-electron chi connectivity index (χ2n) is 9.06. The Bertz CT molecular complexity index is 970. The molecule has 0 unspecified atom stereocenters. The van der Waals surface area contributed by atoms with E-state index in [-0.39, 0.29) is 30.1 Å². The predicted octanol–water partition coefficient (Wildman–Crippen LogP) is 6.35. The molecule has 32 heavy (non-hydrogen) atoms. The molecule has 2 amide bonds. The van der Waals surface area contributed by atoms with Crippen molar-refractivity contribution in [2.75, 3.05) is 11.9 Å². The molecule has 1 heterocycles. The summed E-state index contributed by atoms with van der Waals surface area (Å²) in [6.45, 7) is 2.17. The summed E-state index contributed by atoms with van der Waals surface area (Å²) in [5.74, 6) is 0.0220. The molecule has 2 aliphatic rings. The van der Waals surface area contributed by atoms with Gasteiger partial charge >= 0.3 is 0 Å². The van der Waals surface area contributed by atoms with Gasteiger partial charge in [0.25, 0.3) is 0 Å². The number of anilines is 1. The quantitative estimate of drug-likeness (QED) is 0.570. The van der Waals surface area contributed by atoms with Crippen LogP contribution in [-0.4, -0.2) is 23.3 Å². The molecule has 0 aromatic heterocycles. The second kappa shape index (κ2) is 10.0. The van der Waals surface area contributed by atoms with Crippen LogP contribution in [0.2, 0.25) is 5.02 Å². The minimum atomic E-state index is -0.506. The lowest BCUT2D eigenvalue weighted by atomic mass is 9.79. The van der Waals surface area contributed by atoms with Crippen LogP contribution in [-0.2, 0) is 9.59 Å². The smallest absolute Gasteiger partial charge is 0.244 e. The maximum absolute atomic E-state index is 13.8. The number of amides is 2. The summed E-state index contributed by atoms with van der Waals surface area (Å²) in [5, 5.41) is 3.44. The molecule has 170 valence electrons. The van der Waals surface area contributed by atoms with Crippen LogP contribution in [0.1, 0.15) is 69.0 Å². The number of carbonyl (C=O) groups excluding carboxylic acids is 2. The molecule has 1 aliphatic carbocycles. The Morgan fingerprint density at radius 3 is 2.53 bits per heavy atom. The van der Waals surface area contributed by atoms with Gasteiger partial charge in [-0.3, -0.25) is 9.59 Å². The number of unbranched alkanes of at least 4 members (excludes halogenated alkanes) is 1. The summed E-state index contributed by atoms with van der Waals surface area (Å²) in [5.41, 5.74) is 2.14. The molecular weight excluding hydrogens is 427 g/mol. The maximum Gasteiger partial charge on any atom is 0.244 e. The summed E-state index contributed by atoms with van der Waals surface area (Å²) in [6, 6.07) is 10.9. The van der Waals surface area contributed by atoms with Crippen molar-refractivity contribution in [2.24, 2.45) is 11.8 Å². The lowest BCUT2D eigenvalue weighted by molar-refractivity contribution is -0.141. The molecule has 0 spiro atoms. The van der Waals surface area contributed by atoms with Gasteiger partial charge in [0.1, 0.15) is 12.4 Å². The van der Waals surface area contributed by atoms with E-state index in [9.17, 15) is 14.0 Å². The first-order chi connectivity index (χ1) is 15.5. The summed E-state index contributed by atoms with van der Waals surface area (Å²) in [7, 11) is 0. The third-order valence-corrected chi connectivity index (χ3v) is 7.07. The average molecular weight is 457 g/mol. The summed E-state index contributed by atoms with van der Waals surface area (Å²) >= 11 is 6.30. The molecule has 1 saturated carbocycles. The van der Waals surface area contributed by atoms with Crippen LogP contribution in [0, 0.1) is 17.7 Å². The Kier molecular flexibility index (Phi) is 7.14. The standard InChI is InChI=1S/C26H30ClFN2O2/c1-2-3-4-17-5-7-19(8-6-17)26(32)30-16-24(31)29-23-14-11-20(27)15-22(23)25(30)18-9-12-21(28)13-10-18/h9-15,17,19,25H,2-8,16H2,1H3,(H,29,31)/t17?,19?,25-/m1/s1. The van der Waals surface area contributed by atoms with E-state index in [1.165, 1.54) is 31.4 Å². The minimum Gasteiger partial charge on any atom is -0.324 e. The Balaban J connectivity index is 1.66. The topological polar surface area (TPSA) is 49.4 Å². The number of hydrogen-bond acceptors (Lipinski definition) is 2. The fourth-order valence-electron chi connectivity index (χ4n) is 5.11. The number of benzene rings is 2. The van der Waals surface area contributed by atoms with Gasteiger partial charge in [-0.15, -0.1) is 0 Å². The zero-order chi connectivity index (χ0) is 22.7. The number of nitrogens with zero attached hydrogens (tertiary/aromatic N) is 1. The third-order valence-electron chi connectivity index (χ3n) is 6.84. The van der Waals surface area contributed by atoms with Crippen molar-refractivity contribution >= 4 is 29.1 Å². The minimum absolute atomic E-state index is 0.00348. The van der Waals surface area contributed by atoms with E-state index in [0.29, 0.717) is 16.6 Å². The first-order valence-corrected chi connectivity index (χ1v) is 12.0. The summed E-state index contributed by atoms with van der Waals surface area (Å²) in [6.07, 6.45) is 7.48. The van der Waals surface area contributed by atoms with Crippen LogP contribution in [0.15, 0.2) is 42.5 Å². The van der Waals surface area contributed by atoms with E-state index in [0.717, 1.165) is 36.8 Å². The molecule has 0 bridgehead atoms. The molecule has 1 fully saturated rings. The first kappa shape index (κ1) is 22.8. The van der Waals surface area contributed by atoms with Crippen molar-refractivity contribution in [3.63, 3.8) is 0 Å². The highest BCUT2D eigenvalue weighted by Crippen LogP contribution is 2.40. The number of halogens is 2. The highest BCUT2D eigenvalue weighted by atomic mass is 35.5. The van der Waals surface area contributed by atoms with Gasteiger partial charge in [0.2, 0.25) is 11.8 Å². The van der Waals surface area contributed by atoms with Gasteiger partial charge in [0.05, 0.1) is 6.04 Å². The largest absolute Gasteiger partial charge is 0.324 e. The van der Waals surface area contributed by atoms with Crippen LogP contribution in [0.3, 0.4) is 0 Å². The molecule has 4 rings (SSSR count). The molecule has 1 N–H and O–H groups in total. The average Bonchev–Trinajstić information content (AvgIpc) is 2.94. The van der Waals surface area contributed by atoms with Crippen molar-refractivity contribution in [1.82, 2.24) is 4.90 Å². The van der Waals surface area contributed by atoms with Crippen molar-refractivity contribution in [3.8, 4) is 0 Å². The number of rotatable bonds is 5. The first-order valence-electron chi connectivity index (χ1n) is 11.6. The van der Waals surface area contributed by atoms with E-state index in [4.69, 9.17) is 11.6 Å². The molecule has 1 aliphatic heterocycles. The van der Waals surface area contributed by atoms with Crippen molar-refractivity contribution < 1.29 is 14.0 Å². The summed E-state index contributed by atoms with van der Waals surface area (Å²) < 4.78 is 13.7. The van der Waals surface area contributed by atoms with E-state index in [1.54, 1.807) is 35.2 Å². The molecule has 6 heteroatoms. The van der Waals surface area contributed by atoms with Crippen LogP contribution >= 0.6 is 11.6 Å². The zero-order valence-electron chi connectivity index (χ0n) is 18.4. The van der Waals surface area contributed by atoms with Crippen LogP contribution in [0.25, 0.3) is 0 Å². The second-order valence-corrected chi connectivity index (χ2v) is 9.50. The van der Waals surface area contributed by atoms with Crippen LogP contribution in [0.5, 0.6) is 0 Å². The van der Waals surface area contributed by atoms with Crippen LogP contribution < -0.4 is 5.32 Å². The van der Waals surface area contributed by atoms with Gasteiger partial charge < -0.3 is 10.2 Å². The fourth-order valence-corrected chi connectivity index (χ4v) is 5.29. The van der Waals surface area contributed by atoms with Gasteiger partial charge in [-0.2, -0.15) is 0 Å². The Labute approximate surface area is 194 Å². The lowest BCUT2D eigenvalue weighted by Crippen LogP contribution is -2.43. The number of nitrogens with one attached hydrogen (secondary N) is 1. The predicted molar refractivity (Wildman–Crippen MR) is 125 cm³/mol. The highest BCUT2D eigenvalue weighted by Gasteiger charge is 2.37. The van der Waals surface area contributed by atoms with E-state index in [2.05, 4.69) is 12.2 Å². The highest BCUT2D eigenvalue weighted by molar-refractivity contribution is 6.30. The van der Waals surface area contributed by atoms with Crippen molar-refractivity contribution in [1.29, 1.82) is 0 Å². The zero-order valence-corrected chi connectivity index (χ0v) is 19.2. The maximum atomic E-state index is 13.8. The van der Waals surface area contributed by atoms with Crippen molar-refractivity contribution in [2.45, 2.75) is 57.9 Å². The lowest BCUT2D eigenvalue weighted by Gasteiger charge is -2.36. The molecular formula is C26H30ClFN2O2. The normalized spacial score (nSPS) is 23.3. The number of fused-ring (bicyclic) bond motifs is 1. The Hall–Kier alpha value is -2.40. The van der Waals surface area contributed by atoms with Gasteiger partial charge in [-0.05, 0) is 67.5 Å². The SMILES string of the molecule is CCCCC1CCC(C(=O)N2CC(=O)Nc3ccc(Cl)cc3[C@H]2c2ccc(F)cc2)CC1. The van der Waals surface area contributed by atoms with Crippen LogP contribution in [0.4, 0.5) is 10.1 Å². The number of carbonyl (C=O) groups is 2. The molecule has 4 nitrogen and oxygen atoms in total. The Morgan fingerprint density at radius 2 is 1.84 bits per heavy atom. The third kappa shape index (κ3) is 4.98. The van der Waals surface area contributed by atoms with Gasteiger partial charge in [-0.25, -0.2) is 4.39 Å². The fraction of sp³-hybridized carbons (Fsp3) is 0.462. The summed E-state index contributed by atoms with van der Waals surface area (Å²) in [4.78, 5) is 28.2. The van der Waals surface area contributed by atoms with Gasteiger partial charge in [0, 0.05) is 22.2 Å². The molecule has 0 radical (unpaired) electrons. The van der Waals surface area contributed by atoms with Crippen molar-refractivity contribution in [3.05, 3.63) is 64.4 Å². The van der Waals surface area contributed by atoms with E-state index < -0.39 is 6.04 Å². The molecule has 2 aromatic rings. The monoisotopic (exact) mass is 456 g/mol. The molecule has 0 saturated heterocycles. The van der Waals surface area contributed by atoms with Gasteiger partial charge in [0.15, 0.2) is 0 Å². The van der Waals surface area contributed by atoms with E-state index in [1.807, 2.05) is 0 Å².